The molecule has 3 aromatic heterocycles. The van der Waals surface area contributed by atoms with Crippen molar-refractivity contribution in [1.29, 1.82) is 0 Å². The number of nitrogens with two attached hydrogens (primary N) is 1. The molecule has 0 saturated carbocycles. The standard InChI is InChI=1S/C17H17BrClN3O2S/c18-14-15-17(24-16(14)10-3-4-23-8-11(10)20)12(6-13(19)22-15)21-7-9-2-1-5-25-9/h1-2,5-6,10-11H,3-4,7-8,20H2,(H,21,22)/t10-,11-/m0/s1. The number of rotatable bonds is 4. The van der Waals surface area contributed by atoms with Gasteiger partial charge in [-0.2, -0.15) is 0 Å². The number of thiophene rings is 1. The SMILES string of the molecule is N[C@H]1COCC[C@@H]1c1oc2c(NCc3cccs3)cc(Cl)nc2c1Br. The van der Waals surface area contributed by atoms with Crippen LogP contribution in [0.25, 0.3) is 11.1 Å². The Balaban J connectivity index is 1.72. The lowest BCUT2D eigenvalue weighted by atomic mass is 9.93. The van der Waals surface area contributed by atoms with Crippen LogP contribution in [0.15, 0.2) is 32.5 Å². The molecule has 132 valence electrons. The topological polar surface area (TPSA) is 73.3 Å². The number of halogens is 2. The van der Waals surface area contributed by atoms with E-state index in [0.717, 1.165) is 27.9 Å². The Hall–Kier alpha value is -1.12. The van der Waals surface area contributed by atoms with Gasteiger partial charge in [0.25, 0.3) is 0 Å². The number of ether oxygens (including phenoxy) is 1. The van der Waals surface area contributed by atoms with Crippen LogP contribution in [0.1, 0.15) is 23.0 Å². The zero-order valence-electron chi connectivity index (χ0n) is 13.3. The number of fused-ring (bicyclic) bond motifs is 1. The minimum atomic E-state index is -0.0939. The van der Waals surface area contributed by atoms with E-state index in [1.165, 1.54) is 4.88 Å². The van der Waals surface area contributed by atoms with Gasteiger partial charge in [-0.25, -0.2) is 4.98 Å². The summed E-state index contributed by atoms with van der Waals surface area (Å²) in [5.41, 5.74) is 8.47. The van der Waals surface area contributed by atoms with Gasteiger partial charge >= 0.3 is 0 Å². The number of hydrogen-bond donors (Lipinski definition) is 2. The molecule has 5 nitrogen and oxygen atoms in total. The molecule has 1 aliphatic heterocycles. The Bertz CT molecular complexity index is 884. The summed E-state index contributed by atoms with van der Waals surface area (Å²) >= 11 is 11.6. The summed E-state index contributed by atoms with van der Waals surface area (Å²) in [4.78, 5) is 5.67. The first-order chi connectivity index (χ1) is 12.1. The monoisotopic (exact) mass is 441 g/mol. The van der Waals surface area contributed by atoms with E-state index < -0.39 is 0 Å². The van der Waals surface area contributed by atoms with E-state index in [2.05, 4.69) is 37.7 Å². The number of anilines is 1. The molecule has 0 aromatic carbocycles. The van der Waals surface area contributed by atoms with Crippen LogP contribution in [0.3, 0.4) is 0 Å². The predicted molar refractivity (Wildman–Crippen MR) is 105 cm³/mol. The maximum absolute atomic E-state index is 6.23. The maximum Gasteiger partial charge on any atom is 0.177 e. The normalized spacial score (nSPS) is 20.9. The van der Waals surface area contributed by atoms with Gasteiger partial charge in [-0.1, -0.05) is 17.7 Å². The summed E-state index contributed by atoms with van der Waals surface area (Å²) in [7, 11) is 0. The van der Waals surface area contributed by atoms with Gasteiger partial charge in [-0.05, 0) is 33.8 Å². The van der Waals surface area contributed by atoms with Gasteiger partial charge in [0.2, 0.25) is 0 Å². The molecule has 2 atom stereocenters. The van der Waals surface area contributed by atoms with E-state index in [1.807, 2.05) is 6.07 Å². The third kappa shape index (κ3) is 3.44. The average molecular weight is 443 g/mol. The van der Waals surface area contributed by atoms with Crippen LogP contribution >= 0.6 is 38.9 Å². The van der Waals surface area contributed by atoms with Crippen molar-refractivity contribution < 1.29 is 9.15 Å². The number of aromatic nitrogens is 1. The number of nitrogens with one attached hydrogen (secondary N) is 1. The zero-order chi connectivity index (χ0) is 17.4. The molecule has 3 N–H and O–H groups in total. The summed E-state index contributed by atoms with van der Waals surface area (Å²) in [6, 6.07) is 5.82. The van der Waals surface area contributed by atoms with E-state index in [0.29, 0.717) is 30.5 Å². The third-order valence-electron chi connectivity index (χ3n) is 4.35. The fourth-order valence-corrected chi connectivity index (χ4v) is 4.56. The Morgan fingerprint density at radius 1 is 1.48 bits per heavy atom. The van der Waals surface area contributed by atoms with E-state index in [4.69, 9.17) is 26.5 Å². The average Bonchev–Trinajstić information content (AvgIpc) is 3.22. The highest BCUT2D eigenvalue weighted by Gasteiger charge is 2.31. The highest BCUT2D eigenvalue weighted by molar-refractivity contribution is 9.10. The van der Waals surface area contributed by atoms with Gasteiger partial charge in [0, 0.05) is 36.1 Å². The van der Waals surface area contributed by atoms with E-state index >= 15 is 0 Å². The van der Waals surface area contributed by atoms with Crippen molar-refractivity contribution in [1.82, 2.24) is 4.98 Å². The molecule has 0 radical (unpaired) electrons. The maximum atomic E-state index is 6.23. The Kier molecular flexibility index (Phi) is 5.01. The Morgan fingerprint density at radius 2 is 2.36 bits per heavy atom. The van der Waals surface area contributed by atoms with Crippen LogP contribution in [0, 0.1) is 0 Å². The molecule has 0 spiro atoms. The van der Waals surface area contributed by atoms with Crippen LogP contribution in [-0.2, 0) is 11.3 Å². The molecule has 8 heteroatoms. The van der Waals surface area contributed by atoms with Gasteiger partial charge in [0.15, 0.2) is 5.58 Å². The highest BCUT2D eigenvalue weighted by Crippen LogP contribution is 2.41. The van der Waals surface area contributed by atoms with Gasteiger partial charge in [-0.15, -0.1) is 11.3 Å². The van der Waals surface area contributed by atoms with Crippen molar-refractivity contribution in [3.8, 4) is 0 Å². The number of hydrogen-bond acceptors (Lipinski definition) is 6. The van der Waals surface area contributed by atoms with Crippen molar-refractivity contribution in [2.24, 2.45) is 5.73 Å². The summed E-state index contributed by atoms with van der Waals surface area (Å²) in [5, 5.41) is 5.88. The molecule has 0 aliphatic carbocycles. The molecular formula is C17H17BrClN3O2S. The van der Waals surface area contributed by atoms with Crippen LogP contribution in [-0.4, -0.2) is 24.2 Å². The second kappa shape index (κ2) is 7.25. The van der Waals surface area contributed by atoms with Crippen molar-refractivity contribution in [3.05, 3.63) is 43.8 Å². The second-order valence-electron chi connectivity index (χ2n) is 6.02. The Morgan fingerprint density at radius 3 is 3.12 bits per heavy atom. The predicted octanol–water partition coefficient (Wildman–Crippen LogP) is 4.75. The smallest absolute Gasteiger partial charge is 0.177 e. The van der Waals surface area contributed by atoms with Crippen LogP contribution < -0.4 is 11.1 Å². The highest BCUT2D eigenvalue weighted by atomic mass is 79.9. The van der Waals surface area contributed by atoms with Gasteiger partial charge in [-0.3, -0.25) is 0 Å². The molecule has 1 saturated heterocycles. The van der Waals surface area contributed by atoms with E-state index in [-0.39, 0.29) is 12.0 Å². The molecule has 1 aliphatic rings. The van der Waals surface area contributed by atoms with Crippen molar-refractivity contribution in [2.45, 2.75) is 24.9 Å². The molecule has 0 amide bonds. The van der Waals surface area contributed by atoms with E-state index in [1.54, 1.807) is 17.4 Å². The lowest BCUT2D eigenvalue weighted by Crippen LogP contribution is -2.37. The van der Waals surface area contributed by atoms with Crippen molar-refractivity contribution in [2.75, 3.05) is 18.5 Å². The van der Waals surface area contributed by atoms with Crippen LogP contribution in [0.2, 0.25) is 5.15 Å². The summed E-state index contributed by atoms with van der Waals surface area (Å²) in [5.74, 6) is 0.918. The molecule has 0 unspecified atom stereocenters. The van der Waals surface area contributed by atoms with Crippen LogP contribution in [0.5, 0.6) is 0 Å². The number of furan rings is 1. The zero-order valence-corrected chi connectivity index (χ0v) is 16.5. The number of pyridine rings is 1. The molecule has 0 bridgehead atoms. The summed E-state index contributed by atoms with van der Waals surface area (Å²) in [6.45, 7) is 1.92. The number of nitrogens with zero attached hydrogens (tertiary/aromatic N) is 1. The second-order valence-corrected chi connectivity index (χ2v) is 8.23. The lowest BCUT2D eigenvalue weighted by Gasteiger charge is -2.27. The Labute approximate surface area is 162 Å². The fourth-order valence-electron chi connectivity index (χ4n) is 3.08. The third-order valence-corrected chi connectivity index (χ3v) is 6.18. The molecule has 1 fully saturated rings. The minimum Gasteiger partial charge on any atom is -0.456 e. The minimum absolute atomic E-state index is 0.0939. The molecule has 4 heterocycles. The molecule has 25 heavy (non-hydrogen) atoms. The first-order valence-corrected chi connectivity index (χ1v) is 10.1. The quantitative estimate of drug-likeness (QED) is 0.571. The summed E-state index contributed by atoms with van der Waals surface area (Å²) in [6.07, 6.45) is 0.825. The van der Waals surface area contributed by atoms with Crippen molar-refractivity contribution in [3.63, 3.8) is 0 Å². The van der Waals surface area contributed by atoms with Gasteiger partial charge < -0.3 is 20.2 Å². The molecule has 3 aromatic rings. The van der Waals surface area contributed by atoms with Gasteiger partial charge in [0.1, 0.15) is 16.4 Å². The largest absolute Gasteiger partial charge is 0.456 e. The molecule has 4 rings (SSSR count). The molecular weight excluding hydrogens is 426 g/mol. The lowest BCUT2D eigenvalue weighted by molar-refractivity contribution is 0.0649. The first-order valence-electron chi connectivity index (χ1n) is 8.01. The van der Waals surface area contributed by atoms with E-state index in [9.17, 15) is 0 Å². The summed E-state index contributed by atoms with van der Waals surface area (Å²) < 4.78 is 12.5. The van der Waals surface area contributed by atoms with Crippen molar-refractivity contribution >= 4 is 55.7 Å². The first kappa shape index (κ1) is 17.3. The fraction of sp³-hybridized carbons (Fsp3) is 0.353. The van der Waals surface area contributed by atoms with Crippen LogP contribution in [0.4, 0.5) is 5.69 Å². The van der Waals surface area contributed by atoms with Gasteiger partial charge in [0.05, 0.1) is 16.8 Å².